The van der Waals surface area contributed by atoms with Crippen LogP contribution in [0.2, 0.25) is 0 Å². The second kappa shape index (κ2) is 6.50. The van der Waals surface area contributed by atoms with Crippen molar-refractivity contribution in [3.05, 3.63) is 102 Å². The van der Waals surface area contributed by atoms with Crippen LogP contribution in [0.15, 0.2) is 84.9 Å². The lowest BCUT2D eigenvalue weighted by Crippen LogP contribution is -2.31. The summed E-state index contributed by atoms with van der Waals surface area (Å²) in [5, 5.41) is 11.0. The number of hydrogen-bond acceptors (Lipinski definition) is 2. The van der Waals surface area contributed by atoms with Crippen LogP contribution in [0.3, 0.4) is 0 Å². The third-order valence-corrected chi connectivity index (χ3v) is 4.73. The van der Waals surface area contributed by atoms with E-state index in [4.69, 9.17) is 4.74 Å². The van der Waals surface area contributed by atoms with Crippen molar-refractivity contribution in [3.63, 3.8) is 0 Å². The molecule has 1 N–H and O–H groups in total. The molecule has 24 heavy (non-hydrogen) atoms. The van der Waals surface area contributed by atoms with E-state index in [-0.39, 0.29) is 12.0 Å². The molecule has 120 valence electrons. The molecule has 2 heteroatoms. The van der Waals surface area contributed by atoms with Gasteiger partial charge in [-0.15, -0.1) is 0 Å². The smallest absolute Gasteiger partial charge is 0.130 e. The molecular weight excluding hydrogens is 296 g/mol. The molecule has 4 rings (SSSR count). The minimum Gasteiger partial charge on any atom is -0.485 e. The third-order valence-electron chi connectivity index (χ3n) is 4.73. The zero-order chi connectivity index (χ0) is 16.4. The van der Waals surface area contributed by atoms with Crippen LogP contribution in [0.1, 0.15) is 28.9 Å². The number of benzene rings is 3. The number of hydrogen-bond donors (Lipinski definition) is 1. The van der Waals surface area contributed by atoms with Crippen LogP contribution in [0.5, 0.6) is 5.75 Å². The van der Waals surface area contributed by atoms with Crippen molar-refractivity contribution in [1.29, 1.82) is 0 Å². The lowest BCUT2D eigenvalue weighted by atomic mass is 9.80. The molecule has 0 fully saturated rings. The number of aliphatic hydroxyl groups excluding tert-OH is 1. The number of para-hydroxylation sites is 1. The van der Waals surface area contributed by atoms with Gasteiger partial charge in [-0.2, -0.15) is 0 Å². The Hall–Kier alpha value is -2.58. The highest BCUT2D eigenvalue weighted by molar-refractivity contribution is 5.39. The SMILES string of the molecule is O[C@H]1c2ccccc2O[C@@H](c2ccccc2)[C@@H]1Cc1ccccc1. The molecule has 0 radical (unpaired) electrons. The first-order valence-electron chi connectivity index (χ1n) is 8.35. The molecule has 1 aliphatic rings. The van der Waals surface area contributed by atoms with Crippen molar-refractivity contribution >= 4 is 0 Å². The molecule has 0 unspecified atom stereocenters. The summed E-state index contributed by atoms with van der Waals surface area (Å²) in [5.41, 5.74) is 3.20. The molecule has 0 aliphatic carbocycles. The summed E-state index contributed by atoms with van der Waals surface area (Å²) in [5.74, 6) is 0.757. The van der Waals surface area contributed by atoms with E-state index >= 15 is 0 Å². The highest BCUT2D eigenvalue weighted by atomic mass is 16.5. The van der Waals surface area contributed by atoms with Crippen LogP contribution in [0, 0.1) is 5.92 Å². The van der Waals surface area contributed by atoms with E-state index in [0.29, 0.717) is 0 Å². The van der Waals surface area contributed by atoms with Gasteiger partial charge in [0.05, 0.1) is 6.10 Å². The summed E-state index contributed by atoms with van der Waals surface area (Å²) in [4.78, 5) is 0. The Morgan fingerprint density at radius 1 is 0.750 bits per heavy atom. The monoisotopic (exact) mass is 316 g/mol. The zero-order valence-electron chi connectivity index (χ0n) is 13.4. The second-order valence-electron chi connectivity index (χ2n) is 6.29. The van der Waals surface area contributed by atoms with Gasteiger partial charge >= 0.3 is 0 Å². The summed E-state index contributed by atoms with van der Waals surface area (Å²) in [6.45, 7) is 0. The van der Waals surface area contributed by atoms with E-state index in [1.54, 1.807) is 0 Å². The molecule has 1 heterocycles. The standard InChI is InChI=1S/C22H20O2/c23-21-18-13-7-8-14-20(18)24-22(17-11-5-2-6-12-17)19(21)15-16-9-3-1-4-10-16/h1-14,19,21-23H,15H2/t19-,21+,22+/m1/s1. The van der Waals surface area contributed by atoms with Crippen LogP contribution >= 0.6 is 0 Å². The van der Waals surface area contributed by atoms with Gasteiger partial charge in [0, 0.05) is 11.5 Å². The van der Waals surface area contributed by atoms with E-state index in [1.807, 2.05) is 60.7 Å². The molecular formula is C22H20O2. The summed E-state index contributed by atoms with van der Waals surface area (Å²) >= 11 is 0. The Bertz CT molecular complexity index is 798. The fourth-order valence-corrected chi connectivity index (χ4v) is 3.52. The first kappa shape index (κ1) is 15.0. The fourth-order valence-electron chi connectivity index (χ4n) is 3.52. The average Bonchev–Trinajstić information content (AvgIpc) is 2.65. The molecule has 0 saturated carbocycles. The highest BCUT2D eigenvalue weighted by Gasteiger charge is 2.38. The Kier molecular flexibility index (Phi) is 4.06. The van der Waals surface area contributed by atoms with Gasteiger partial charge in [-0.25, -0.2) is 0 Å². The summed E-state index contributed by atoms with van der Waals surface area (Å²) in [6.07, 6.45) is 0.0762. The van der Waals surface area contributed by atoms with Gasteiger partial charge in [-0.1, -0.05) is 78.9 Å². The lowest BCUT2D eigenvalue weighted by Gasteiger charge is -2.37. The maximum absolute atomic E-state index is 11.0. The molecule has 3 aromatic carbocycles. The predicted octanol–water partition coefficient (Wildman–Crippen LogP) is 4.71. The van der Waals surface area contributed by atoms with Gasteiger partial charge in [0.2, 0.25) is 0 Å². The summed E-state index contributed by atoms with van der Waals surface area (Å²) in [7, 11) is 0. The maximum atomic E-state index is 11.0. The Balaban J connectivity index is 1.74. The van der Waals surface area contributed by atoms with Crippen molar-refractivity contribution in [3.8, 4) is 5.75 Å². The van der Waals surface area contributed by atoms with Crippen molar-refractivity contribution < 1.29 is 9.84 Å². The quantitative estimate of drug-likeness (QED) is 0.758. The number of ether oxygens (including phenoxy) is 1. The van der Waals surface area contributed by atoms with E-state index in [1.165, 1.54) is 5.56 Å². The Morgan fingerprint density at radius 2 is 1.38 bits per heavy atom. The van der Waals surface area contributed by atoms with E-state index in [2.05, 4.69) is 24.3 Å². The third kappa shape index (κ3) is 2.81. The second-order valence-corrected chi connectivity index (χ2v) is 6.29. The number of aliphatic hydroxyl groups is 1. The van der Waals surface area contributed by atoms with Crippen LogP contribution in [-0.2, 0) is 6.42 Å². The van der Waals surface area contributed by atoms with Crippen molar-refractivity contribution in [2.45, 2.75) is 18.6 Å². The topological polar surface area (TPSA) is 29.5 Å². The highest BCUT2D eigenvalue weighted by Crippen LogP contribution is 2.46. The van der Waals surface area contributed by atoms with Crippen LogP contribution < -0.4 is 4.74 Å². The molecule has 0 aromatic heterocycles. The van der Waals surface area contributed by atoms with Crippen LogP contribution in [0.4, 0.5) is 0 Å². The Labute approximate surface area is 142 Å². The minimum atomic E-state index is -0.541. The van der Waals surface area contributed by atoms with Gasteiger partial charge in [0.15, 0.2) is 0 Å². The van der Waals surface area contributed by atoms with Gasteiger partial charge in [-0.3, -0.25) is 0 Å². The maximum Gasteiger partial charge on any atom is 0.130 e. The lowest BCUT2D eigenvalue weighted by molar-refractivity contribution is -0.00177. The first-order chi connectivity index (χ1) is 11.8. The fraction of sp³-hybridized carbons (Fsp3) is 0.182. The summed E-state index contributed by atoms with van der Waals surface area (Å²) in [6, 6.07) is 28.3. The van der Waals surface area contributed by atoms with Gasteiger partial charge in [-0.05, 0) is 23.6 Å². The molecule has 2 nitrogen and oxygen atoms in total. The van der Waals surface area contributed by atoms with Crippen molar-refractivity contribution in [1.82, 2.24) is 0 Å². The Morgan fingerprint density at radius 3 is 2.12 bits per heavy atom. The van der Waals surface area contributed by atoms with Gasteiger partial charge in [0.1, 0.15) is 11.9 Å². The van der Waals surface area contributed by atoms with E-state index < -0.39 is 6.10 Å². The van der Waals surface area contributed by atoms with Crippen molar-refractivity contribution in [2.75, 3.05) is 0 Å². The van der Waals surface area contributed by atoms with Crippen molar-refractivity contribution in [2.24, 2.45) is 5.92 Å². The van der Waals surface area contributed by atoms with Crippen LogP contribution in [-0.4, -0.2) is 5.11 Å². The molecule has 0 amide bonds. The minimum absolute atomic E-state index is 0.0234. The first-order valence-corrected chi connectivity index (χ1v) is 8.35. The molecule has 1 aliphatic heterocycles. The average molecular weight is 316 g/mol. The van der Waals surface area contributed by atoms with Gasteiger partial charge < -0.3 is 9.84 Å². The molecule has 0 saturated heterocycles. The van der Waals surface area contributed by atoms with Gasteiger partial charge in [0.25, 0.3) is 0 Å². The molecule has 3 atom stereocenters. The predicted molar refractivity (Wildman–Crippen MR) is 94.8 cm³/mol. The van der Waals surface area contributed by atoms with E-state index in [9.17, 15) is 5.11 Å². The normalized spacial score (nSPS) is 22.5. The van der Waals surface area contributed by atoms with E-state index in [0.717, 1.165) is 23.3 Å². The largest absolute Gasteiger partial charge is 0.485 e. The zero-order valence-corrected chi connectivity index (χ0v) is 13.4. The molecule has 0 bridgehead atoms. The molecule has 3 aromatic rings. The molecule has 0 spiro atoms. The van der Waals surface area contributed by atoms with Crippen LogP contribution in [0.25, 0.3) is 0 Å². The number of fused-ring (bicyclic) bond motifs is 1. The summed E-state index contributed by atoms with van der Waals surface area (Å²) < 4.78 is 6.31. The number of rotatable bonds is 3.